The lowest BCUT2D eigenvalue weighted by Gasteiger charge is -2.04. The quantitative estimate of drug-likeness (QED) is 0.617. The second kappa shape index (κ2) is 5.10. The molecule has 0 radical (unpaired) electrons. The summed E-state index contributed by atoms with van der Waals surface area (Å²) >= 11 is 0. The lowest BCUT2D eigenvalue weighted by molar-refractivity contribution is -0.385. The molecule has 1 aromatic carbocycles. The zero-order valence-corrected chi connectivity index (χ0v) is 9.90. The van der Waals surface area contributed by atoms with Crippen LogP contribution in [0.5, 0.6) is 11.8 Å². The Morgan fingerprint density at radius 1 is 1.42 bits per heavy atom. The molecule has 0 atom stereocenters. The van der Waals surface area contributed by atoms with Gasteiger partial charge in [0.2, 0.25) is 5.75 Å². The van der Waals surface area contributed by atoms with Crippen molar-refractivity contribution < 1.29 is 9.66 Å². The Balaban J connectivity index is 2.38. The van der Waals surface area contributed by atoms with E-state index in [1.165, 1.54) is 24.4 Å². The van der Waals surface area contributed by atoms with Crippen molar-refractivity contribution in [1.29, 1.82) is 5.26 Å². The number of nitro groups is 1. The summed E-state index contributed by atoms with van der Waals surface area (Å²) in [5.74, 6) is 0.0330. The Bertz CT molecular complexity index is 679. The van der Waals surface area contributed by atoms with Crippen LogP contribution in [0.25, 0.3) is 0 Å². The van der Waals surface area contributed by atoms with E-state index in [-0.39, 0.29) is 23.1 Å². The highest BCUT2D eigenvalue weighted by Crippen LogP contribution is 2.30. The predicted molar refractivity (Wildman–Crippen MR) is 64.7 cm³/mol. The van der Waals surface area contributed by atoms with E-state index in [9.17, 15) is 10.1 Å². The van der Waals surface area contributed by atoms with Crippen molar-refractivity contribution in [3.63, 3.8) is 0 Å². The maximum atomic E-state index is 10.9. The minimum atomic E-state index is -0.545. The highest BCUT2D eigenvalue weighted by molar-refractivity contribution is 5.49. The monoisotopic (exact) mass is 256 g/mol. The number of aryl methyl sites for hydroxylation is 1. The van der Waals surface area contributed by atoms with E-state index >= 15 is 0 Å². The van der Waals surface area contributed by atoms with E-state index in [4.69, 9.17) is 10.00 Å². The van der Waals surface area contributed by atoms with Crippen LogP contribution in [0.15, 0.2) is 30.5 Å². The van der Waals surface area contributed by atoms with Gasteiger partial charge >= 0.3 is 11.7 Å². The standard InChI is InChI=1S/C12H8N4O3/c1-8-2-3-11(10(6-8)16(17)18)19-12-14-5-4-9(7-13)15-12/h2-6H,1H3. The van der Waals surface area contributed by atoms with Gasteiger partial charge in [0.25, 0.3) is 0 Å². The lowest BCUT2D eigenvalue weighted by atomic mass is 10.2. The minimum Gasteiger partial charge on any atom is -0.417 e. The molecule has 1 aromatic heterocycles. The van der Waals surface area contributed by atoms with Gasteiger partial charge in [0.15, 0.2) is 0 Å². The molecule has 0 amide bonds. The van der Waals surface area contributed by atoms with E-state index < -0.39 is 4.92 Å². The maximum absolute atomic E-state index is 10.9. The van der Waals surface area contributed by atoms with Crippen LogP contribution < -0.4 is 4.74 Å². The summed E-state index contributed by atoms with van der Waals surface area (Å²) in [6, 6.07) is 7.68. The van der Waals surface area contributed by atoms with Gasteiger partial charge in [-0.25, -0.2) is 4.98 Å². The summed E-state index contributed by atoms with van der Waals surface area (Å²) in [6.45, 7) is 1.74. The Morgan fingerprint density at radius 2 is 2.21 bits per heavy atom. The van der Waals surface area contributed by atoms with E-state index in [0.29, 0.717) is 0 Å². The molecule has 0 aliphatic carbocycles. The molecule has 0 N–H and O–H groups in total. The first-order chi connectivity index (χ1) is 9.10. The third-order valence-corrected chi connectivity index (χ3v) is 2.26. The fourth-order valence-electron chi connectivity index (χ4n) is 1.41. The number of nitrogens with zero attached hydrogens (tertiary/aromatic N) is 4. The highest BCUT2D eigenvalue weighted by Gasteiger charge is 2.16. The molecule has 7 nitrogen and oxygen atoms in total. The molecule has 0 fully saturated rings. The van der Waals surface area contributed by atoms with Crippen LogP contribution >= 0.6 is 0 Å². The molecule has 0 bridgehead atoms. The van der Waals surface area contributed by atoms with Crippen LogP contribution in [-0.4, -0.2) is 14.9 Å². The zero-order chi connectivity index (χ0) is 13.8. The van der Waals surface area contributed by atoms with Crippen molar-refractivity contribution in [2.45, 2.75) is 6.92 Å². The number of aromatic nitrogens is 2. The van der Waals surface area contributed by atoms with Gasteiger partial charge in [-0.1, -0.05) is 6.07 Å². The molecule has 7 heteroatoms. The predicted octanol–water partition coefficient (Wildman–Crippen LogP) is 2.36. The van der Waals surface area contributed by atoms with E-state index in [1.54, 1.807) is 13.0 Å². The van der Waals surface area contributed by atoms with E-state index in [2.05, 4.69) is 9.97 Å². The number of rotatable bonds is 3. The molecule has 94 valence electrons. The first-order valence-corrected chi connectivity index (χ1v) is 5.26. The van der Waals surface area contributed by atoms with Crippen molar-refractivity contribution in [2.24, 2.45) is 0 Å². The van der Waals surface area contributed by atoms with Gasteiger partial charge in [-0.3, -0.25) is 10.1 Å². The van der Waals surface area contributed by atoms with Crippen LogP contribution in [0, 0.1) is 28.4 Å². The molecule has 2 rings (SSSR count). The second-order valence-corrected chi connectivity index (χ2v) is 3.67. The van der Waals surface area contributed by atoms with Crippen LogP contribution in [0.4, 0.5) is 5.69 Å². The number of nitro benzene ring substituents is 1. The van der Waals surface area contributed by atoms with Crippen LogP contribution in [0.1, 0.15) is 11.3 Å². The Morgan fingerprint density at radius 3 is 2.89 bits per heavy atom. The van der Waals surface area contributed by atoms with Crippen molar-refractivity contribution in [1.82, 2.24) is 9.97 Å². The molecule has 0 spiro atoms. The molecule has 1 heterocycles. The van der Waals surface area contributed by atoms with Crippen LogP contribution in [-0.2, 0) is 0 Å². The number of hydrogen-bond acceptors (Lipinski definition) is 6. The summed E-state index contributed by atoms with van der Waals surface area (Å²) in [7, 11) is 0. The zero-order valence-electron chi connectivity index (χ0n) is 9.90. The Kier molecular flexibility index (Phi) is 3.34. The molecule has 0 unspecified atom stereocenters. The fourth-order valence-corrected chi connectivity index (χ4v) is 1.41. The molecular weight excluding hydrogens is 248 g/mol. The second-order valence-electron chi connectivity index (χ2n) is 3.67. The lowest BCUT2D eigenvalue weighted by Crippen LogP contribution is -1.97. The molecule has 0 saturated heterocycles. The SMILES string of the molecule is Cc1ccc(Oc2nccc(C#N)n2)c([N+](=O)[O-])c1. The van der Waals surface area contributed by atoms with Gasteiger partial charge < -0.3 is 4.74 Å². The van der Waals surface area contributed by atoms with Gasteiger partial charge in [-0.05, 0) is 24.6 Å². The average molecular weight is 256 g/mol. The summed E-state index contributed by atoms with van der Waals surface area (Å²) in [5, 5.41) is 19.6. The van der Waals surface area contributed by atoms with Crippen LogP contribution in [0.3, 0.4) is 0 Å². The fraction of sp³-hybridized carbons (Fsp3) is 0.0833. The number of ether oxygens (including phenoxy) is 1. The van der Waals surface area contributed by atoms with Gasteiger partial charge in [-0.15, -0.1) is 0 Å². The van der Waals surface area contributed by atoms with Crippen molar-refractivity contribution in [3.8, 4) is 17.8 Å². The van der Waals surface area contributed by atoms with E-state index in [0.717, 1.165) is 5.56 Å². The first-order valence-electron chi connectivity index (χ1n) is 5.26. The number of benzene rings is 1. The smallest absolute Gasteiger partial charge is 0.323 e. The topological polar surface area (TPSA) is 102 Å². The first kappa shape index (κ1) is 12.4. The number of nitriles is 1. The van der Waals surface area contributed by atoms with Crippen molar-refractivity contribution in [2.75, 3.05) is 0 Å². The van der Waals surface area contributed by atoms with Crippen molar-refractivity contribution in [3.05, 3.63) is 51.8 Å². The molecule has 2 aromatic rings. The molecular formula is C12H8N4O3. The number of hydrogen-bond donors (Lipinski definition) is 0. The van der Waals surface area contributed by atoms with E-state index in [1.807, 2.05) is 6.07 Å². The minimum absolute atomic E-state index is 0.0330. The van der Waals surface area contributed by atoms with Crippen LogP contribution in [0.2, 0.25) is 0 Å². The largest absolute Gasteiger partial charge is 0.417 e. The molecule has 19 heavy (non-hydrogen) atoms. The third-order valence-electron chi connectivity index (χ3n) is 2.26. The summed E-state index contributed by atoms with van der Waals surface area (Å²) in [6.07, 6.45) is 1.35. The third kappa shape index (κ3) is 2.81. The van der Waals surface area contributed by atoms with Gasteiger partial charge in [0, 0.05) is 12.3 Å². The summed E-state index contributed by atoms with van der Waals surface area (Å²) in [5.41, 5.74) is 0.691. The Labute approximate surface area is 108 Å². The van der Waals surface area contributed by atoms with Gasteiger partial charge in [0.1, 0.15) is 11.8 Å². The van der Waals surface area contributed by atoms with Gasteiger partial charge in [-0.2, -0.15) is 10.2 Å². The highest BCUT2D eigenvalue weighted by atomic mass is 16.6. The van der Waals surface area contributed by atoms with Crippen molar-refractivity contribution >= 4 is 5.69 Å². The van der Waals surface area contributed by atoms with Gasteiger partial charge in [0.05, 0.1) is 4.92 Å². The molecule has 0 aliphatic rings. The molecule has 0 saturated carbocycles. The maximum Gasteiger partial charge on any atom is 0.323 e. The normalized spacial score (nSPS) is 9.68. The Hall–Kier alpha value is -3.01. The summed E-state index contributed by atoms with van der Waals surface area (Å²) < 4.78 is 5.25. The summed E-state index contributed by atoms with van der Waals surface area (Å²) in [4.78, 5) is 18.0. The average Bonchev–Trinajstić information content (AvgIpc) is 2.41. The molecule has 0 aliphatic heterocycles.